The Morgan fingerprint density at radius 3 is 3.20 bits per heavy atom. The smallest absolute Gasteiger partial charge is 0.137 e. The maximum Gasteiger partial charge on any atom is 0.137 e. The van der Waals surface area contributed by atoms with Crippen molar-refractivity contribution < 1.29 is 0 Å². The molecule has 1 N–H and O–H groups in total. The molecule has 0 amide bonds. The second-order valence-electron chi connectivity index (χ2n) is 5.94. The molecule has 2 aromatic heterocycles. The van der Waals surface area contributed by atoms with E-state index in [1.165, 1.54) is 25.9 Å². The van der Waals surface area contributed by atoms with E-state index in [-0.39, 0.29) is 0 Å². The van der Waals surface area contributed by atoms with Crippen LogP contribution in [0.5, 0.6) is 0 Å². The first-order valence-corrected chi connectivity index (χ1v) is 7.75. The zero-order chi connectivity index (χ0) is 13.5. The Morgan fingerprint density at radius 1 is 1.30 bits per heavy atom. The van der Waals surface area contributed by atoms with Crippen LogP contribution in [0.4, 0.5) is 0 Å². The zero-order valence-corrected chi connectivity index (χ0v) is 12.2. The average Bonchev–Trinajstić information content (AvgIpc) is 3.04. The minimum absolute atomic E-state index is 0.692. The van der Waals surface area contributed by atoms with E-state index in [1.54, 1.807) is 0 Å². The van der Waals surface area contributed by atoms with Gasteiger partial charge in [-0.2, -0.15) is 0 Å². The van der Waals surface area contributed by atoms with Crippen molar-refractivity contribution in [2.75, 3.05) is 19.6 Å². The number of nitrogens with zero attached hydrogens (tertiary/aromatic N) is 3. The van der Waals surface area contributed by atoms with Gasteiger partial charge in [-0.1, -0.05) is 11.6 Å². The van der Waals surface area contributed by atoms with Crippen LogP contribution in [-0.2, 0) is 6.54 Å². The van der Waals surface area contributed by atoms with E-state index in [0.717, 1.165) is 35.4 Å². The van der Waals surface area contributed by atoms with Crippen molar-refractivity contribution in [3.63, 3.8) is 0 Å². The van der Waals surface area contributed by atoms with Gasteiger partial charge in [0.05, 0.1) is 10.7 Å². The summed E-state index contributed by atoms with van der Waals surface area (Å²) in [6.07, 6.45) is 6.70. The first kappa shape index (κ1) is 12.6. The van der Waals surface area contributed by atoms with Crippen LogP contribution in [0.15, 0.2) is 24.5 Å². The summed E-state index contributed by atoms with van der Waals surface area (Å²) in [5, 5.41) is 4.28. The van der Waals surface area contributed by atoms with Crippen LogP contribution in [0.3, 0.4) is 0 Å². The molecule has 4 heterocycles. The fourth-order valence-corrected chi connectivity index (χ4v) is 3.83. The summed E-state index contributed by atoms with van der Waals surface area (Å²) in [5.74, 6) is 0.829. The van der Waals surface area contributed by atoms with Crippen molar-refractivity contribution in [1.82, 2.24) is 19.6 Å². The number of fused-ring (bicyclic) bond motifs is 2. The third kappa shape index (κ3) is 2.22. The SMILES string of the molecule is Clc1ccc2nc(CN3CCCC4CNCC43)cn2c1. The molecule has 2 unspecified atom stereocenters. The summed E-state index contributed by atoms with van der Waals surface area (Å²) < 4.78 is 2.02. The summed E-state index contributed by atoms with van der Waals surface area (Å²) in [5.41, 5.74) is 2.11. The molecule has 5 heteroatoms. The Hall–Kier alpha value is -1.10. The largest absolute Gasteiger partial charge is 0.315 e. The molecule has 0 saturated carbocycles. The summed E-state index contributed by atoms with van der Waals surface area (Å²) in [6, 6.07) is 4.56. The normalized spacial score (nSPS) is 27.1. The molecule has 0 spiro atoms. The highest BCUT2D eigenvalue weighted by Crippen LogP contribution is 2.27. The molecular formula is C15H19ClN4. The second-order valence-corrected chi connectivity index (χ2v) is 6.38. The van der Waals surface area contributed by atoms with Gasteiger partial charge in [0.2, 0.25) is 0 Å². The van der Waals surface area contributed by atoms with Crippen molar-refractivity contribution in [2.45, 2.75) is 25.4 Å². The van der Waals surface area contributed by atoms with Gasteiger partial charge in [0, 0.05) is 31.5 Å². The molecule has 4 nitrogen and oxygen atoms in total. The van der Waals surface area contributed by atoms with Crippen LogP contribution in [0, 0.1) is 5.92 Å². The predicted molar refractivity (Wildman–Crippen MR) is 80.0 cm³/mol. The van der Waals surface area contributed by atoms with Crippen molar-refractivity contribution in [2.24, 2.45) is 5.92 Å². The van der Waals surface area contributed by atoms with Crippen molar-refractivity contribution >= 4 is 17.2 Å². The third-order valence-corrected chi connectivity index (χ3v) is 4.85. The lowest BCUT2D eigenvalue weighted by Gasteiger charge is -2.36. The Labute approximate surface area is 123 Å². The highest BCUT2D eigenvalue weighted by Gasteiger charge is 2.34. The van der Waals surface area contributed by atoms with Crippen LogP contribution in [0.1, 0.15) is 18.5 Å². The number of imidazole rings is 1. The Balaban J connectivity index is 1.57. The number of likely N-dealkylation sites (tertiary alicyclic amines) is 1. The third-order valence-electron chi connectivity index (χ3n) is 4.62. The Bertz CT molecular complexity index is 623. The van der Waals surface area contributed by atoms with Crippen LogP contribution < -0.4 is 5.32 Å². The lowest BCUT2D eigenvalue weighted by Crippen LogP contribution is -2.44. The lowest BCUT2D eigenvalue weighted by atomic mass is 9.92. The molecule has 0 aliphatic carbocycles. The maximum atomic E-state index is 6.03. The number of pyridine rings is 1. The molecule has 0 radical (unpaired) electrons. The molecule has 2 aliphatic heterocycles. The van der Waals surface area contributed by atoms with E-state index in [0.29, 0.717) is 6.04 Å². The van der Waals surface area contributed by atoms with Gasteiger partial charge in [0.1, 0.15) is 5.65 Å². The van der Waals surface area contributed by atoms with Crippen molar-refractivity contribution in [3.05, 3.63) is 35.2 Å². The lowest BCUT2D eigenvalue weighted by molar-refractivity contribution is 0.116. The van der Waals surface area contributed by atoms with Crippen LogP contribution in [0.2, 0.25) is 5.02 Å². The first-order chi connectivity index (χ1) is 9.79. The highest BCUT2D eigenvalue weighted by molar-refractivity contribution is 6.30. The molecule has 2 aliphatic rings. The quantitative estimate of drug-likeness (QED) is 0.920. The number of aromatic nitrogens is 2. The summed E-state index contributed by atoms with van der Waals surface area (Å²) in [6.45, 7) is 4.45. The highest BCUT2D eigenvalue weighted by atomic mass is 35.5. The second kappa shape index (κ2) is 5.02. The molecular weight excluding hydrogens is 272 g/mol. The minimum Gasteiger partial charge on any atom is -0.315 e. The maximum absolute atomic E-state index is 6.03. The average molecular weight is 291 g/mol. The Morgan fingerprint density at radius 2 is 2.25 bits per heavy atom. The van der Waals surface area contributed by atoms with E-state index in [2.05, 4.69) is 16.4 Å². The van der Waals surface area contributed by atoms with Gasteiger partial charge in [-0.05, 0) is 44.0 Å². The summed E-state index contributed by atoms with van der Waals surface area (Å²) >= 11 is 6.03. The summed E-state index contributed by atoms with van der Waals surface area (Å²) in [7, 11) is 0. The molecule has 106 valence electrons. The van der Waals surface area contributed by atoms with Gasteiger partial charge >= 0.3 is 0 Å². The van der Waals surface area contributed by atoms with E-state index in [1.807, 2.05) is 22.7 Å². The molecule has 2 atom stereocenters. The van der Waals surface area contributed by atoms with Gasteiger partial charge < -0.3 is 9.72 Å². The van der Waals surface area contributed by atoms with Crippen LogP contribution in [-0.4, -0.2) is 40.0 Å². The molecule has 0 bridgehead atoms. The Kier molecular flexibility index (Phi) is 3.17. The van der Waals surface area contributed by atoms with Gasteiger partial charge in [0.25, 0.3) is 0 Å². The molecule has 20 heavy (non-hydrogen) atoms. The van der Waals surface area contributed by atoms with E-state index < -0.39 is 0 Å². The molecule has 4 rings (SSSR count). The van der Waals surface area contributed by atoms with Gasteiger partial charge in [-0.3, -0.25) is 4.90 Å². The monoisotopic (exact) mass is 290 g/mol. The number of halogens is 1. The number of hydrogen-bond acceptors (Lipinski definition) is 3. The minimum atomic E-state index is 0.692. The van der Waals surface area contributed by atoms with Crippen molar-refractivity contribution in [3.8, 4) is 0 Å². The van der Waals surface area contributed by atoms with Crippen LogP contribution >= 0.6 is 11.6 Å². The van der Waals surface area contributed by atoms with Gasteiger partial charge in [-0.25, -0.2) is 4.98 Å². The topological polar surface area (TPSA) is 32.6 Å². The number of piperidine rings is 1. The number of rotatable bonds is 2. The van der Waals surface area contributed by atoms with E-state index in [9.17, 15) is 0 Å². The van der Waals surface area contributed by atoms with Crippen LogP contribution in [0.25, 0.3) is 5.65 Å². The van der Waals surface area contributed by atoms with Crippen molar-refractivity contribution in [1.29, 1.82) is 0 Å². The summed E-state index contributed by atoms with van der Waals surface area (Å²) in [4.78, 5) is 7.30. The van der Waals surface area contributed by atoms with E-state index in [4.69, 9.17) is 16.6 Å². The fourth-order valence-electron chi connectivity index (χ4n) is 3.66. The molecule has 2 aromatic rings. The molecule has 2 saturated heterocycles. The number of nitrogens with one attached hydrogen (secondary N) is 1. The van der Waals surface area contributed by atoms with Gasteiger partial charge in [0.15, 0.2) is 0 Å². The predicted octanol–water partition coefficient (Wildman–Crippen LogP) is 2.17. The fraction of sp³-hybridized carbons (Fsp3) is 0.533. The molecule has 2 fully saturated rings. The zero-order valence-electron chi connectivity index (χ0n) is 11.4. The number of hydrogen-bond donors (Lipinski definition) is 1. The van der Waals surface area contributed by atoms with E-state index >= 15 is 0 Å². The first-order valence-electron chi connectivity index (χ1n) is 7.37. The standard InChI is InChI=1S/C15H19ClN4/c16-12-3-4-15-18-13(10-20(15)8-12)9-19-5-1-2-11-6-17-7-14(11)19/h3-4,8,10-11,14,17H,1-2,5-7,9H2. The van der Waals surface area contributed by atoms with Gasteiger partial charge in [-0.15, -0.1) is 0 Å². The molecule has 0 aromatic carbocycles.